The van der Waals surface area contributed by atoms with Gasteiger partial charge in [-0.3, -0.25) is 0 Å². The van der Waals surface area contributed by atoms with Crippen molar-refractivity contribution in [3.8, 4) is 17.0 Å². The van der Waals surface area contributed by atoms with Crippen molar-refractivity contribution in [1.82, 2.24) is 4.98 Å². The Hall–Kier alpha value is -1.35. The zero-order valence-electron chi connectivity index (χ0n) is 13.9. The lowest BCUT2D eigenvalue weighted by Gasteiger charge is -2.17. The molecule has 0 spiro atoms. The minimum absolute atomic E-state index is 0.265. The smallest absolute Gasteiger partial charge is 0.122 e. The van der Waals surface area contributed by atoms with Crippen LogP contribution in [0.4, 0.5) is 0 Å². The Kier molecular flexibility index (Phi) is 4.72. The first-order chi connectivity index (χ1) is 9.84. The maximum absolute atomic E-state index is 5.52. The third-order valence-corrected chi connectivity index (χ3v) is 4.41. The summed E-state index contributed by atoms with van der Waals surface area (Å²) in [4.78, 5) is 6.13. The molecule has 0 aliphatic carbocycles. The monoisotopic (exact) mass is 303 g/mol. The van der Waals surface area contributed by atoms with E-state index in [4.69, 9.17) is 9.72 Å². The highest BCUT2D eigenvalue weighted by Crippen LogP contribution is 2.35. The van der Waals surface area contributed by atoms with E-state index < -0.39 is 0 Å². The molecule has 0 atom stereocenters. The summed E-state index contributed by atoms with van der Waals surface area (Å²) < 4.78 is 5.52. The number of aryl methyl sites for hydroxylation is 2. The second-order valence-corrected chi connectivity index (χ2v) is 7.91. The van der Waals surface area contributed by atoms with Crippen molar-refractivity contribution in [3.05, 3.63) is 33.6 Å². The van der Waals surface area contributed by atoms with Crippen molar-refractivity contribution in [2.45, 2.75) is 47.5 Å². The molecule has 1 heterocycles. The maximum Gasteiger partial charge on any atom is 0.122 e. The summed E-state index contributed by atoms with van der Waals surface area (Å²) in [5.41, 5.74) is 3.79. The Morgan fingerprint density at radius 2 is 1.95 bits per heavy atom. The average Bonchev–Trinajstić information content (AvgIpc) is 2.76. The van der Waals surface area contributed by atoms with Crippen molar-refractivity contribution in [2.75, 3.05) is 7.11 Å². The lowest BCUT2D eigenvalue weighted by Crippen LogP contribution is -2.08. The second-order valence-electron chi connectivity index (χ2n) is 6.62. The maximum atomic E-state index is 5.52. The summed E-state index contributed by atoms with van der Waals surface area (Å²) in [6.07, 6.45) is 2.03. The van der Waals surface area contributed by atoms with Gasteiger partial charge in [-0.05, 0) is 36.8 Å². The molecule has 1 aromatic heterocycles. The zero-order chi connectivity index (χ0) is 15.6. The molecule has 2 nitrogen and oxygen atoms in total. The molecule has 0 saturated heterocycles. The first-order valence-electron chi connectivity index (χ1n) is 7.47. The normalized spacial score (nSPS) is 11.7. The number of aromatic nitrogens is 1. The second kappa shape index (κ2) is 6.18. The quantitative estimate of drug-likeness (QED) is 0.766. The molecule has 0 amide bonds. The zero-order valence-corrected chi connectivity index (χ0v) is 14.7. The average molecular weight is 303 g/mol. The molecule has 21 heavy (non-hydrogen) atoms. The van der Waals surface area contributed by atoms with Crippen LogP contribution in [0.3, 0.4) is 0 Å². The molecule has 0 unspecified atom stereocenters. The number of hydrogen-bond donors (Lipinski definition) is 0. The number of ether oxygens (including phenoxy) is 1. The number of methoxy groups -OCH3 is 1. The number of nitrogens with zero attached hydrogens (tertiary/aromatic N) is 1. The molecule has 2 rings (SSSR count). The summed E-state index contributed by atoms with van der Waals surface area (Å²) in [6, 6.07) is 6.45. The summed E-state index contributed by atoms with van der Waals surface area (Å²) in [5.74, 6) is 0.961. The van der Waals surface area contributed by atoms with Crippen LogP contribution >= 0.6 is 11.3 Å². The van der Waals surface area contributed by atoms with E-state index in [-0.39, 0.29) is 5.41 Å². The van der Waals surface area contributed by atoms with Crippen LogP contribution in [0.5, 0.6) is 5.75 Å². The highest BCUT2D eigenvalue weighted by molar-refractivity contribution is 7.12. The SMILES string of the molecule is CCc1ccc(-c2nc(C)sc2CC(C)(C)C)cc1OC. The van der Waals surface area contributed by atoms with Crippen molar-refractivity contribution in [3.63, 3.8) is 0 Å². The Balaban J connectivity index is 2.47. The first-order valence-corrected chi connectivity index (χ1v) is 8.29. The van der Waals surface area contributed by atoms with Crippen molar-refractivity contribution in [2.24, 2.45) is 5.41 Å². The molecule has 1 aromatic carbocycles. The molecule has 0 aliphatic heterocycles. The van der Waals surface area contributed by atoms with Gasteiger partial charge in [0.2, 0.25) is 0 Å². The predicted molar refractivity (Wildman–Crippen MR) is 91.4 cm³/mol. The number of hydrogen-bond acceptors (Lipinski definition) is 3. The van der Waals surface area contributed by atoms with E-state index in [1.165, 1.54) is 10.4 Å². The lowest BCUT2D eigenvalue weighted by atomic mass is 9.90. The van der Waals surface area contributed by atoms with E-state index in [2.05, 4.69) is 52.8 Å². The van der Waals surface area contributed by atoms with Crippen LogP contribution in [0.15, 0.2) is 18.2 Å². The van der Waals surface area contributed by atoms with Gasteiger partial charge in [-0.1, -0.05) is 39.8 Å². The topological polar surface area (TPSA) is 22.1 Å². The molecule has 3 heteroatoms. The van der Waals surface area contributed by atoms with Gasteiger partial charge in [0.25, 0.3) is 0 Å². The largest absolute Gasteiger partial charge is 0.496 e. The summed E-state index contributed by atoms with van der Waals surface area (Å²) in [7, 11) is 1.74. The molecule has 0 saturated carbocycles. The van der Waals surface area contributed by atoms with Crippen LogP contribution in [0.25, 0.3) is 11.3 Å². The van der Waals surface area contributed by atoms with Gasteiger partial charge in [0.15, 0.2) is 0 Å². The van der Waals surface area contributed by atoms with Crippen LogP contribution < -0.4 is 4.74 Å². The fourth-order valence-electron chi connectivity index (χ4n) is 2.48. The fourth-order valence-corrected chi connectivity index (χ4v) is 3.74. The summed E-state index contributed by atoms with van der Waals surface area (Å²) >= 11 is 1.81. The van der Waals surface area contributed by atoms with Crippen LogP contribution in [-0.4, -0.2) is 12.1 Å². The van der Waals surface area contributed by atoms with Crippen molar-refractivity contribution in [1.29, 1.82) is 0 Å². The third-order valence-electron chi connectivity index (χ3n) is 3.44. The lowest BCUT2D eigenvalue weighted by molar-refractivity contribution is 0.410. The van der Waals surface area contributed by atoms with E-state index in [0.29, 0.717) is 0 Å². The van der Waals surface area contributed by atoms with Gasteiger partial charge >= 0.3 is 0 Å². The van der Waals surface area contributed by atoms with Gasteiger partial charge in [-0.2, -0.15) is 0 Å². The Morgan fingerprint density at radius 1 is 1.24 bits per heavy atom. The molecule has 2 aromatic rings. The summed E-state index contributed by atoms with van der Waals surface area (Å²) in [5, 5.41) is 1.13. The van der Waals surface area contributed by atoms with Crippen LogP contribution in [-0.2, 0) is 12.8 Å². The molecule has 114 valence electrons. The van der Waals surface area contributed by atoms with Crippen LogP contribution in [0.2, 0.25) is 0 Å². The number of benzene rings is 1. The molecule has 0 radical (unpaired) electrons. The molecule has 0 fully saturated rings. The first kappa shape index (κ1) is 16.0. The predicted octanol–water partition coefficient (Wildman–Crippen LogP) is 5.28. The summed E-state index contributed by atoms with van der Waals surface area (Å²) in [6.45, 7) is 11.0. The Labute approximate surface area is 132 Å². The molecule has 0 N–H and O–H groups in total. The highest BCUT2D eigenvalue weighted by atomic mass is 32.1. The van der Waals surface area contributed by atoms with Crippen LogP contribution in [0, 0.1) is 12.3 Å². The molecular weight excluding hydrogens is 278 g/mol. The van der Waals surface area contributed by atoms with Gasteiger partial charge < -0.3 is 4.74 Å². The Morgan fingerprint density at radius 3 is 2.52 bits per heavy atom. The standard InChI is InChI=1S/C18H25NOS/c1-7-13-8-9-14(10-15(13)20-6)17-16(11-18(3,4)5)21-12(2)19-17/h8-10H,7,11H2,1-6H3. The van der Waals surface area contributed by atoms with E-state index in [9.17, 15) is 0 Å². The van der Waals surface area contributed by atoms with Crippen LogP contribution in [0.1, 0.15) is 43.1 Å². The molecule has 0 aliphatic rings. The van der Waals surface area contributed by atoms with E-state index in [0.717, 1.165) is 34.9 Å². The van der Waals surface area contributed by atoms with Crippen molar-refractivity contribution >= 4 is 11.3 Å². The molecule has 0 bridgehead atoms. The number of rotatable bonds is 4. The minimum Gasteiger partial charge on any atom is -0.496 e. The molecular formula is C18H25NOS. The van der Waals surface area contributed by atoms with Gasteiger partial charge in [0, 0.05) is 10.4 Å². The van der Waals surface area contributed by atoms with E-state index in [1.54, 1.807) is 7.11 Å². The van der Waals surface area contributed by atoms with E-state index >= 15 is 0 Å². The fraction of sp³-hybridized carbons (Fsp3) is 0.500. The van der Waals surface area contributed by atoms with Crippen molar-refractivity contribution < 1.29 is 4.74 Å². The van der Waals surface area contributed by atoms with Gasteiger partial charge in [0.05, 0.1) is 17.8 Å². The van der Waals surface area contributed by atoms with E-state index in [1.807, 2.05) is 11.3 Å². The van der Waals surface area contributed by atoms with Gasteiger partial charge in [0.1, 0.15) is 5.75 Å². The van der Waals surface area contributed by atoms with Gasteiger partial charge in [-0.15, -0.1) is 11.3 Å². The Bertz CT molecular complexity index is 623. The minimum atomic E-state index is 0.265. The third kappa shape index (κ3) is 3.85. The van der Waals surface area contributed by atoms with Gasteiger partial charge in [-0.25, -0.2) is 4.98 Å². The highest BCUT2D eigenvalue weighted by Gasteiger charge is 2.19. The number of thiazole rings is 1.